The molecule has 2 N–H and O–H groups in total. The maximum atomic E-state index is 11.9. The minimum Gasteiger partial charge on any atom is -0.493 e. The SMILES string of the molecule is CCOc1c(Br)cc(/C=N\NC(=O)CNc2ccc(Br)cc2)cc1OC. The minimum atomic E-state index is -0.249. The van der Waals surface area contributed by atoms with Gasteiger partial charge in [0.15, 0.2) is 11.5 Å². The highest BCUT2D eigenvalue weighted by Crippen LogP contribution is 2.36. The summed E-state index contributed by atoms with van der Waals surface area (Å²) < 4.78 is 12.6. The van der Waals surface area contributed by atoms with E-state index in [1.165, 1.54) is 0 Å². The normalized spacial score (nSPS) is 10.6. The zero-order valence-corrected chi connectivity index (χ0v) is 17.6. The smallest absolute Gasteiger partial charge is 0.259 e. The van der Waals surface area contributed by atoms with Crippen LogP contribution >= 0.6 is 31.9 Å². The van der Waals surface area contributed by atoms with Gasteiger partial charge in [-0.1, -0.05) is 15.9 Å². The van der Waals surface area contributed by atoms with E-state index in [4.69, 9.17) is 9.47 Å². The molecule has 0 heterocycles. The summed E-state index contributed by atoms with van der Waals surface area (Å²) in [4.78, 5) is 11.9. The van der Waals surface area contributed by atoms with Crippen LogP contribution in [-0.4, -0.2) is 32.4 Å². The lowest BCUT2D eigenvalue weighted by Crippen LogP contribution is -2.25. The Labute approximate surface area is 169 Å². The van der Waals surface area contributed by atoms with Crippen molar-refractivity contribution >= 4 is 49.7 Å². The highest BCUT2D eigenvalue weighted by Gasteiger charge is 2.10. The van der Waals surface area contributed by atoms with Gasteiger partial charge in [-0.25, -0.2) is 5.43 Å². The molecule has 0 saturated heterocycles. The number of nitrogens with one attached hydrogen (secondary N) is 2. The van der Waals surface area contributed by atoms with Gasteiger partial charge in [-0.15, -0.1) is 0 Å². The van der Waals surface area contributed by atoms with Crippen LogP contribution in [0, 0.1) is 0 Å². The van der Waals surface area contributed by atoms with E-state index in [2.05, 4.69) is 47.7 Å². The summed E-state index contributed by atoms with van der Waals surface area (Å²) >= 11 is 6.81. The predicted molar refractivity (Wildman–Crippen MR) is 110 cm³/mol. The highest BCUT2D eigenvalue weighted by atomic mass is 79.9. The molecule has 2 aromatic rings. The van der Waals surface area contributed by atoms with E-state index in [-0.39, 0.29) is 12.5 Å². The first-order valence-electron chi connectivity index (χ1n) is 7.85. The lowest BCUT2D eigenvalue weighted by atomic mass is 10.2. The summed E-state index contributed by atoms with van der Waals surface area (Å²) in [7, 11) is 1.57. The van der Waals surface area contributed by atoms with Crippen molar-refractivity contribution in [2.45, 2.75) is 6.92 Å². The van der Waals surface area contributed by atoms with Gasteiger partial charge in [0.1, 0.15) is 0 Å². The van der Waals surface area contributed by atoms with Gasteiger partial charge in [0, 0.05) is 10.2 Å². The molecule has 0 aliphatic rings. The number of rotatable bonds is 8. The van der Waals surface area contributed by atoms with Crippen molar-refractivity contribution in [2.24, 2.45) is 5.10 Å². The molecule has 2 aromatic carbocycles. The fourth-order valence-corrected chi connectivity index (χ4v) is 2.91. The number of carbonyl (C=O) groups excluding carboxylic acids is 1. The number of nitrogens with zero attached hydrogens (tertiary/aromatic N) is 1. The van der Waals surface area contributed by atoms with Crippen molar-refractivity contribution in [3.05, 3.63) is 50.9 Å². The number of hydrazone groups is 1. The van der Waals surface area contributed by atoms with Crippen LogP contribution in [0.5, 0.6) is 11.5 Å². The van der Waals surface area contributed by atoms with Crippen LogP contribution in [-0.2, 0) is 4.79 Å². The second-order valence-electron chi connectivity index (χ2n) is 5.12. The third-order valence-corrected chi connectivity index (χ3v) is 4.36. The fourth-order valence-electron chi connectivity index (χ4n) is 2.07. The van der Waals surface area contributed by atoms with Gasteiger partial charge in [-0.2, -0.15) is 5.10 Å². The van der Waals surface area contributed by atoms with Gasteiger partial charge in [-0.3, -0.25) is 4.79 Å². The molecule has 0 radical (unpaired) electrons. The topological polar surface area (TPSA) is 72.0 Å². The Morgan fingerprint density at radius 3 is 2.62 bits per heavy atom. The molecule has 8 heteroatoms. The van der Waals surface area contributed by atoms with Crippen LogP contribution in [0.2, 0.25) is 0 Å². The molecule has 0 aliphatic heterocycles. The zero-order valence-electron chi connectivity index (χ0n) is 14.4. The van der Waals surface area contributed by atoms with Crippen molar-refractivity contribution in [1.82, 2.24) is 5.43 Å². The van der Waals surface area contributed by atoms with Crippen molar-refractivity contribution in [1.29, 1.82) is 0 Å². The van der Waals surface area contributed by atoms with Crippen LogP contribution in [0.15, 0.2) is 50.4 Å². The summed E-state index contributed by atoms with van der Waals surface area (Å²) in [6.45, 7) is 2.55. The second-order valence-corrected chi connectivity index (χ2v) is 6.89. The molecule has 1 amide bonds. The van der Waals surface area contributed by atoms with E-state index in [0.29, 0.717) is 18.1 Å². The standard InChI is InChI=1S/C18H19Br2N3O3/c1-3-26-18-15(20)8-12(9-16(18)25-2)10-22-23-17(24)11-21-14-6-4-13(19)5-7-14/h4-10,21H,3,11H2,1-2H3,(H,23,24)/b22-10-. The molecule has 6 nitrogen and oxygen atoms in total. The van der Waals surface area contributed by atoms with Gasteiger partial charge in [0.05, 0.1) is 30.9 Å². The van der Waals surface area contributed by atoms with Crippen molar-refractivity contribution < 1.29 is 14.3 Å². The van der Waals surface area contributed by atoms with Crippen LogP contribution in [0.1, 0.15) is 12.5 Å². The van der Waals surface area contributed by atoms with Crippen molar-refractivity contribution in [2.75, 3.05) is 25.6 Å². The molecule has 2 rings (SSSR count). The molecule has 26 heavy (non-hydrogen) atoms. The average Bonchev–Trinajstić information content (AvgIpc) is 2.63. The zero-order chi connectivity index (χ0) is 18.9. The van der Waals surface area contributed by atoms with Crippen LogP contribution in [0.4, 0.5) is 5.69 Å². The van der Waals surface area contributed by atoms with E-state index < -0.39 is 0 Å². The van der Waals surface area contributed by atoms with E-state index >= 15 is 0 Å². The van der Waals surface area contributed by atoms with E-state index in [0.717, 1.165) is 20.2 Å². The molecular formula is C18H19Br2N3O3. The number of ether oxygens (including phenoxy) is 2. The summed E-state index contributed by atoms with van der Waals surface area (Å²) in [5.74, 6) is 0.974. The molecule has 0 fully saturated rings. The Balaban J connectivity index is 1.91. The number of hydrogen-bond acceptors (Lipinski definition) is 5. The quantitative estimate of drug-likeness (QED) is 0.435. The largest absolute Gasteiger partial charge is 0.493 e. The third kappa shape index (κ3) is 6.03. The lowest BCUT2D eigenvalue weighted by Gasteiger charge is -2.12. The van der Waals surface area contributed by atoms with Gasteiger partial charge >= 0.3 is 0 Å². The Hall–Kier alpha value is -2.06. The average molecular weight is 485 g/mol. The molecule has 0 bridgehead atoms. The Morgan fingerprint density at radius 2 is 1.96 bits per heavy atom. The Bertz CT molecular complexity index is 780. The molecule has 0 aliphatic carbocycles. The van der Waals surface area contributed by atoms with Crippen LogP contribution in [0.3, 0.4) is 0 Å². The lowest BCUT2D eigenvalue weighted by molar-refractivity contribution is -0.119. The van der Waals surface area contributed by atoms with Gasteiger partial charge in [-0.05, 0) is 64.8 Å². The van der Waals surface area contributed by atoms with Crippen molar-refractivity contribution in [3.63, 3.8) is 0 Å². The maximum Gasteiger partial charge on any atom is 0.259 e. The highest BCUT2D eigenvalue weighted by molar-refractivity contribution is 9.10. The monoisotopic (exact) mass is 483 g/mol. The van der Waals surface area contributed by atoms with Gasteiger partial charge < -0.3 is 14.8 Å². The Morgan fingerprint density at radius 1 is 1.23 bits per heavy atom. The summed E-state index contributed by atoms with van der Waals surface area (Å²) in [6, 6.07) is 11.2. The number of amides is 1. The molecule has 138 valence electrons. The van der Waals surface area contributed by atoms with E-state index in [9.17, 15) is 4.79 Å². The number of benzene rings is 2. The van der Waals surface area contributed by atoms with E-state index in [1.807, 2.05) is 37.3 Å². The fraction of sp³-hybridized carbons (Fsp3) is 0.222. The summed E-state index contributed by atoms with van der Waals surface area (Å²) in [6.07, 6.45) is 1.54. The number of hydrogen-bond donors (Lipinski definition) is 2. The summed E-state index contributed by atoms with van der Waals surface area (Å²) in [5.41, 5.74) is 4.10. The van der Waals surface area contributed by atoms with Gasteiger partial charge in [0.25, 0.3) is 5.91 Å². The second kappa shape index (κ2) is 10.2. The molecule has 0 saturated carbocycles. The van der Waals surface area contributed by atoms with E-state index in [1.54, 1.807) is 19.4 Å². The first kappa shape index (κ1) is 20.3. The molecule has 0 atom stereocenters. The first-order valence-corrected chi connectivity index (χ1v) is 9.43. The Kier molecular flexibility index (Phi) is 7.93. The summed E-state index contributed by atoms with van der Waals surface area (Å²) in [5, 5.41) is 6.99. The number of methoxy groups -OCH3 is 1. The number of carbonyl (C=O) groups is 1. The molecular weight excluding hydrogens is 466 g/mol. The number of halogens is 2. The van der Waals surface area contributed by atoms with Gasteiger partial charge in [0.2, 0.25) is 0 Å². The predicted octanol–water partition coefficient (Wildman–Crippen LogP) is 4.18. The molecule has 0 aromatic heterocycles. The molecule has 0 unspecified atom stereocenters. The third-order valence-electron chi connectivity index (χ3n) is 3.24. The van der Waals surface area contributed by atoms with Crippen LogP contribution in [0.25, 0.3) is 0 Å². The number of anilines is 1. The molecule has 0 spiro atoms. The van der Waals surface area contributed by atoms with Crippen molar-refractivity contribution in [3.8, 4) is 11.5 Å². The first-order chi connectivity index (χ1) is 12.5. The maximum absolute atomic E-state index is 11.9. The minimum absolute atomic E-state index is 0.120. The van der Waals surface area contributed by atoms with Crippen LogP contribution < -0.4 is 20.2 Å².